The maximum atomic E-state index is 12.5. The molecular weight excluding hydrogens is 390 g/mol. The average Bonchev–Trinajstić information content (AvgIpc) is 3.35. The molecule has 2 aromatic rings. The van der Waals surface area contributed by atoms with Gasteiger partial charge in [0.15, 0.2) is 5.03 Å². The van der Waals surface area contributed by atoms with Gasteiger partial charge in [-0.3, -0.25) is 0 Å². The second-order valence-electron chi connectivity index (χ2n) is 7.46. The summed E-state index contributed by atoms with van der Waals surface area (Å²) in [7, 11) is -4.11. The third kappa shape index (κ3) is 4.05. The van der Waals surface area contributed by atoms with Crippen LogP contribution in [0.1, 0.15) is 48.4 Å². The lowest BCUT2D eigenvalue weighted by atomic mass is 9.99. The lowest BCUT2D eigenvalue weighted by molar-refractivity contribution is 0.256. The summed E-state index contributed by atoms with van der Waals surface area (Å²) in [5.41, 5.74) is 5.62. The summed E-state index contributed by atoms with van der Waals surface area (Å²) in [5.74, 6) is 0.491. The molecule has 1 aromatic carbocycles. The van der Waals surface area contributed by atoms with Gasteiger partial charge in [0.2, 0.25) is 0 Å². The van der Waals surface area contributed by atoms with E-state index in [4.69, 9.17) is 0 Å². The van der Waals surface area contributed by atoms with E-state index in [1.165, 1.54) is 17.3 Å². The van der Waals surface area contributed by atoms with Crippen LogP contribution in [0, 0.1) is 0 Å². The SMILES string of the molecule is CCCNc1cnc(S(=O)(=O)NC(=O)Nc2c3c(cc4c2CCC4)CCC3)cn1. The number of nitrogens with zero attached hydrogens (tertiary/aromatic N) is 2. The van der Waals surface area contributed by atoms with Crippen LogP contribution in [0.5, 0.6) is 0 Å². The van der Waals surface area contributed by atoms with E-state index in [0.717, 1.165) is 68.0 Å². The van der Waals surface area contributed by atoms with Gasteiger partial charge >= 0.3 is 6.03 Å². The van der Waals surface area contributed by atoms with Crippen molar-refractivity contribution in [2.45, 2.75) is 56.9 Å². The molecule has 154 valence electrons. The van der Waals surface area contributed by atoms with E-state index < -0.39 is 16.1 Å². The second-order valence-corrected chi connectivity index (χ2v) is 9.09. The molecule has 9 heteroatoms. The van der Waals surface area contributed by atoms with Gasteiger partial charge in [0.25, 0.3) is 10.0 Å². The minimum Gasteiger partial charge on any atom is -0.369 e. The molecule has 0 fully saturated rings. The first-order valence-corrected chi connectivity index (χ1v) is 11.5. The van der Waals surface area contributed by atoms with Crippen molar-refractivity contribution in [3.63, 3.8) is 0 Å². The fourth-order valence-electron chi connectivity index (χ4n) is 4.08. The fourth-order valence-corrected chi connectivity index (χ4v) is 4.86. The zero-order valence-corrected chi connectivity index (χ0v) is 17.2. The summed E-state index contributed by atoms with van der Waals surface area (Å²) in [6.07, 6.45) is 9.34. The Kier molecular flexibility index (Phi) is 5.40. The van der Waals surface area contributed by atoms with Gasteiger partial charge in [0.05, 0.1) is 12.4 Å². The predicted octanol–water partition coefficient (Wildman–Crippen LogP) is 2.79. The summed E-state index contributed by atoms with van der Waals surface area (Å²) in [5, 5.41) is 5.55. The number of carbonyl (C=O) groups is 1. The number of aromatic nitrogens is 2. The fraction of sp³-hybridized carbons (Fsp3) is 0.450. The summed E-state index contributed by atoms with van der Waals surface area (Å²) >= 11 is 0. The molecule has 0 spiro atoms. The molecule has 3 N–H and O–H groups in total. The standard InChI is InChI=1S/C20H25N5O3S/c1-2-9-21-17-11-23-18(12-22-17)29(27,28)25-20(26)24-19-15-7-3-5-13(15)10-14-6-4-8-16(14)19/h10-12H,2-9H2,1H3,(H,21,22)(H2,24,25,26). The molecule has 0 aliphatic heterocycles. The summed E-state index contributed by atoms with van der Waals surface area (Å²) in [4.78, 5) is 20.5. The third-order valence-corrected chi connectivity index (χ3v) is 6.61. The predicted molar refractivity (Wildman–Crippen MR) is 111 cm³/mol. The van der Waals surface area contributed by atoms with Gasteiger partial charge in [-0.15, -0.1) is 0 Å². The molecule has 2 aliphatic rings. The largest absolute Gasteiger partial charge is 0.369 e. The molecule has 1 heterocycles. The summed E-state index contributed by atoms with van der Waals surface area (Å²) in [6.45, 7) is 2.73. The van der Waals surface area contributed by atoms with Gasteiger partial charge < -0.3 is 10.6 Å². The van der Waals surface area contributed by atoms with Gasteiger partial charge in [0, 0.05) is 12.2 Å². The van der Waals surface area contributed by atoms with E-state index in [2.05, 4.69) is 31.4 Å². The van der Waals surface area contributed by atoms with Gasteiger partial charge in [-0.05, 0) is 67.2 Å². The highest BCUT2D eigenvalue weighted by Crippen LogP contribution is 2.38. The molecule has 2 aliphatic carbocycles. The van der Waals surface area contributed by atoms with Crippen LogP contribution >= 0.6 is 0 Å². The van der Waals surface area contributed by atoms with E-state index >= 15 is 0 Å². The van der Waals surface area contributed by atoms with Crippen molar-refractivity contribution in [3.05, 3.63) is 40.7 Å². The molecule has 0 radical (unpaired) electrons. The first-order chi connectivity index (χ1) is 14.0. The Hall–Kier alpha value is -2.68. The Balaban J connectivity index is 1.50. The number of hydrogen-bond donors (Lipinski definition) is 3. The Morgan fingerprint density at radius 3 is 2.31 bits per heavy atom. The van der Waals surface area contributed by atoms with Crippen molar-refractivity contribution in [2.24, 2.45) is 0 Å². The number of hydrogen-bond acceptors (Lipinski definition) is 6. The van der Waals surface area contributed by atoms with Crippen LogP contribution in [0.2, 0.25) is 0 Å². The number of rotatable bonds is 6. The van der Waals surface area contributed by atoms with E-state index in [-0.39, 0.29) is 5.03 Å². The van der Waals surface area contributed by atoms with Crippen LogP contribution in [0.25, 0.3) is 0 Å². The lowest BCUT2D eigenvalue weighted by Crippen LogP contribution is -2.35. The number of fused-ring (bicyclic) bond motifs is 2. The molecule has 0 saturated heterocycles. The minimum absolute atomic E-state index is 0.293. The number of amides is 2. The highest BCUT2D eigenvalue weighted by Gasteiger charge is 2.26. The topological polar surface area (TPSA) is 113 Å². The van der Waals surface area contributed by atoms with Crippen LogP contribution < -0.4 is 15.4 Å². The summed E-state index contributed by atoms with van der Waals surface area (Å²) in [6, 6.07) is 1.49. The molecule has 4 rings (SSSR count). The molecule has 1 aromatic heterocycles. The molecular formula is C20H25N5O3S. The number of aryl methyl sites for hydroxylation is 2. The van der Waals surface area contributed by atoms with Gasteiger partial charge in [0.1, 0.15) is 5.82 Å². The monoisotopic (exact) mass is 415 g/mol. The number of benzene rings is 1. The van der Waals surface area contributed by atoms with Gasteiger partial charge in [-0.25, -0.2) is 19.5 Å². The van der Waals surface area contributed by atoms with Crippen molar-refractivity contribution in [3.8, 4) is 0 Å². The van der Waals surface area contributed by atoms with E-state index in [9.17, 15) is 13.2 Å². The average molecular weight is 416 g/mol. The van der Waals surface area contributed by atoms with Crippen molar-refractivity contribution in [1.82, 2.24) is 14.7 Å². The maximum absolute atomic E-state index is 12.5. The maximum Gasteiger partial charge on any atom is 0.333 e. The van der Waals surface area contributed by atoms with Crippen molar-refractivity contribution < 1.29 is 13.2 Å². The normalized spacial score (nSPS) is 14.9. The smallest absolute Gasteiger partial charge is 0.333 e. The van der Waals surface area contributed by atoms with Crippen LogP contribution in [0.3, 0.4) is 0 Å². The Morgan fingerprint density at radius 2 is 1.72 bits per heavy atom. The molecule has 0 atom stereocenters. The van der Waals surface area contributed by atoms with Gasteiger partial charge in [-0.1, -0.05) is 13.0 Å². The minimum atomic E-state index is -4.11. The van der Waals surface area contributed by atoms with E-state index in [0.29, 0.717) is 12.4 Å². The first kappa shape index (κ1) is 19.6. The number of carbonyl (C=O) groups excluding carboxylic acids is 1. The third-order valence-electron chi connectivity index (χ3n) is 5.40. The zero-order valence-electron chi connectivity index (χ0n) is 16.4. The van der Waals surface area contributed by atoms with Crippen LogP contribution in [0.15, 0.2) is 23.5 Å². The Morgan fingerprint density at radius 1 is 1.03 bits per heavy atom. The first-order valence-electron chi connectivity index (χ1n) is 10.0. The number of sulfonamides is 1. The molecule has 0 bridgehead atoms. The molecule has 2 amide bonds. The lowest BCUT2D eigenvalue weighted by Gasteiger charge is -2.16. The number of anilines is 2. The molecule has 29 heavy (non-hydrogen) atoms. The van der Waals surface area contributed by atoms with E-state index in [1.54, 1.807) is 0 Å². The Labute approximate surface area is 170 Å². The molecule has 8 nitrogen and oxygen atoms in total. The highest BCUT2D eigenvalue weighted by molar-refractivity contribution is 7.90. The van der Waals surface area contributed by atoms with Gasteiger partial charge in [-0.2, -0.15) is 8.42 Å². The molecule has 0 unspecified atom stereocenters. The number of nitrogens with one attached hydrogen (secondary N) is 3. The molecule has 0 saturated carbocycles. The van der Waals surface area contributed by atoms with Crippen molar-refractivity contribution in [1.29, 1.82) is 0 Å². The van der Waals surface area contributed by atoms with Crippen molar-refractivity contribution in [2.75, 3.05) is 17.2 Å². The van der Waals surface area contributed by atoms with E-state index in [1.807, 2.05) is 6.92 Å². The second kappa shape index (κ2) is 7.98. The quantitative estimate of drug-likeness (QED) is 0.669. The number of urea groups is 1. The summed E-state index contributed by atoms with van der Waals surface area (Å²) < 4.78 is 27.1. The van der Waals surface area contributed by atoms with Crippen LogP contribution in [0.4, 0.5) is 16.3 Å². The zero-order chi connectivity index (χ0) is 20.4. The van der Waals surface area contributed by atoms with Crippen LogP contribution in [-0.4, -0.2) is 31.0 Å². The Bertz CT molecular complexity index is 1000. The highest BCUT2D eigenvalue weighted by atomic mass is 32.2. The van der Waals surface area contributed by atoms with Crippen LogP contribution in [-0.2, 0) is 35.7 Å². The van der Waals surface area contributed by atoms with Crippen molar-refractivity contribution >= 4 is 27.6 Å².